The Bertz CT molecular complexity index is 606. The van der Waals surface area contributed by atoms with Crippen molar-refractivity contribution < 1.29 is 14.3 Å². The first-order chi connectivity index (χ1) is 8.16. The lowest BCUT2D eigenvalue weighted by Gasteiger charge is -1.99. The van der Waals surface area contributed by atoms with E-state index in [0.29, 0.717) is 26.1 Å². The van der Waals surface area contributed by atoms with E-state index < -0.39 is 5.97 Å². The molecule has 0 radical (unpaired) electrons. The van der Waals surface area contributed by atoms with Gasteiger partial charge in [0.15, 0.2) is 5.76 Å². The monoisotopic (exact) mass is 263 g/mol. The molecule has 17 heavy (non-hydrogen) atoms. The number of hydrogen-bond donors (Lipinski definition) is 1. The van der Waals surface area contributed by atoms with Crippen LogP contribution >= 0.6 is 24.0 Å². The molecule has 2 aliphatic rings. The summed E-state index contributed by atoms with van der Waals surface area (Å²) in [5.74, 6) is -0.457. The molecule has 6 heteroatoms. The Kier molecular flexibility index (Phi) is 2.27. The summed E-state index contributed by atoms with van der Waals surface area (Å²) in [6.45, 7) is 0. The third-order valence-electron chi connectivity index (χ3n) is 2.41. The Morgan fingerprint density at radius 3 is 2.53 bits per heavy atom. The number of thioether (sulfide) groups is 1. The zero-order valence-electron chi connectivity index (χ0n) is 8.35. The minimum atomic E-state index is -0.436. The highest BCUT2D eigenvalue weighted by Crippen LogP contribution is 2.38. The molecule has 2 aliphatic heterocycles. The standard InChI is InChI=1S/C11H5NO3S2/c13-9-8(17-11(16)12-9)7-5-3-1-2-4-6(5)10(14)15-7/h1-4H,(H,12,13,16)/b8-7-. The number of nitrogens with one attached hydrogen (secondary N) is 1. The largest absolute Gasteiger partial charge is 0.421 e. The third kappa shape index (κ3) is 1.57. The van der Waals surface area contributed by atoms with Crippen molar-refractivity contribution in [2.45, 2.75) is 0 Å². The number of thiocarbonyl (C=S) groups is 1. The van der Waals surface area contributed by atoms with Gasteiger partial charge in [0.1, 0.15) is 9.23 Å². The first kappa shape index (κ1) is 10.5. The molecule has 3 rings (SSSR count). The smallest absolute Gasteiger partial charge is 0.344 e. The van der Waals surface area contributed by atoms with Gasteiger partial charge in [0.25, 0.3) is 5.91 Å². The second kappa shape index (κ2) is 3.68. The highest BCUT2D eigenvalue weighted by atomic mass is 32.2. The minimum absolute atomic E-state index is 0.299. The second-order valence-electron chi connectivity index (χ2n) is 3.44. The van der Waals surface area contributed by atoms with Crippen LogP contribution in [0.5, 0.6) is 0 Å². The fourth-order valence-corrected chi connectivity index (χ4v) is 2.75. The first-order valence-corrected chi connectivity index (χ1v) is 5.98. The molecule has 1 aromatic rings. The SMILES string of the molecule is O=C1NC(=S)S/C1=C1\OC(=O)c2ccccc21. The lowest BCUT2D eigenvalue weighted by Crippen LogP contribution is -2.18. The molecule has 1 N–H and O–H groups in total. The highest BCUT2D eigenvalue weighted by molar-refractivity contribution is 8.26. The molecule has 1 amide bonds. The second-order valence-corrected chi connectivity index (χ2v) is 5.12. The quantitative estimate of drug-likeness (QED) is 0.438. The summed E-state index contributed by atoms with van der Waals surface area (Å²) in [4.78, 5) is 23.6. The van der Waals surface area contributed by atoms with Gasteiger partial charge in [-0.3, -0.25) is 4.79 Å². The average molecular weight is 263 g/mol. The van der Waals surface area contributed by atoms with E-state index in [4.69, 9.17) is 17.0 Å². The Hall–Kier alpha value is -1.66. The number of esters is 1. The Morgan fingerprint density at radius 1 is 1.18 bits per heavy atom. The van der Waals surface area contributed by atoms with Crippen LogP contribution in [0, 0.1) is 0 Å². The number of ether oxygens (including phenoxy) is 1. The lowest BCUT2D eigenvalue weighted by molar-refractivity contribution is -0.115. The number of rotatable bonds is 0. The van der Waals surface area contributed by atoms with E-state index >= 15 is 0 Å². The topological polar surface area (TPSA) is 55.4 Å². The van der Waals surface area contributed by atoms with Gasteiger partial charge in [0.05, 0.1) is 5.56 Å². The van der Waals surface area contributed by atoms with Crippen molar-refractivity contribution in [1.82, 2.24) is 5.32 Å². The van der Waals surface area contributed by atoms with Crippen LogP contribution in [0.4, 0.5) is 0 Å². The first-order valence-electron chi connectivity index (χ1n) is 4.76. The van der Waals surface area contributed by atoms with Gasteiger partial charge in [-0.2, -0.15) is 0 Å². The maximum atomic E-state index is 11.6. The minimum Gasteiger partial charge on any atom is -0.421 e. The summed E-state index contributed by atoms with van der Waals surface area (Å²) < 4.78 is 5.51. The van der Waals surface area contributed by atoms with E-state index in [1.54, 1.807) is 24.3 Å². The lowest BCUT2D eigenvalue weighted by atomic mass is 10.1. The Morgan fingerprint density at radius 2 is 1.88 bits per heavy atom. The summed E-state index contributed by atoms with van der Waals surface area (Å²) >= 11 is 6.00. The Balaban J connectivity index is 2.19. The molecule has 0 saturated carbocycles. The summed E-state index contributed by atoms with van der Waals surface area (Å²) in [5, 5.41) is 2.50. The fraction of sp³-hybridized carbons (Fsp3) is 0. The van der Waals surface area contributed by atoms with E-state index in [1.165, 1.54) is 0 Å². The van der Waals surface area contributed by atoms with Crippen LogP contribution in [0.3, 0.4) is 0 Å². The molecule has 1 aromatic carbocycles. The molecular formula is C11H5NO3S2. The summed E-state index contributed by atoms with van der Waals surface area (Å²) in [5.41, 5.74) is 1.11. The molecule has 1 fully saturated rings. The van der Waals surface area contributed by atoms with Gasteiger partial charge in [-0.05, 0) is 6.07 Å². The summed E-state index contributed by atoms with van der Waals surface area (Å²) in [7, 11) is 0. The number of hydrogen-bond acceptors (Lipinski definition) is 5. The van der Waals surface area contributed by atoms with Crippen molar-refractivity contribution in [3.05, 3.63) is 40.3 Å². The number of carbonyl (C=O) groups excluding carboxylic acids is 2. The van der Waals surface area contributed by atoms with E-state index in [-0.39, 0.29) is 5.91 Å². The zero-order chi connectivity index (χ0) is 12.0. The van der Waals surface area contributed by atoms with Crippen LogP contribution < -0.4 is 5.32 Å². The van der Waals surface area contributed by atoms with Crippen molar-refractivity contribution in [3.63, 3.8) is 0 Å². The van der Waals surface area contributed by atoms with E-state index in [0.717, 1.165) is 11.8 Å². The van der Waals surface area contributed by atoms with Crippen LogP contribution in [0.25, 0.3) is 5.76 Å². The van der Waals surface area contributed by atoms with Crippen molar-refractivity contribution in [2.75, 3.05) is 0 Å². The van der Waals surface area contributed by atoms with Crippen molar-refractivity contribution in [2.24, 2.45) is 0 Å². The molecule has 2 heterocycles. The number of fused-ring (bicyclic) bond motifs is 1. The van der Waals surface area contributed by atoms with Gasteiger partial charge in [0, 0.05) is 5.56 Å². The van der Waals surface area contributed by atoms with Gasteiger partial charge < -0.3 is 10.1 Å². The van der Waals surface area contributed by atoms with Gasteiger partial charge >= 0.3 is 5.97 Å². The number of carbonyl (C=O) groups is 2. The third-order valence-corrected chi connectivity index (χ3v) is 3.62. The summed E-state index contributed by atoms with van der Waals surface area (Å²) in [6.07, 6.45) is 0. The van der Waals surface area contributed by atoms with Crippen LogP contribution in [0.1, 0.15) is 15.9 Å². The maximum Gasteiger partial charge on any atom is 0.344 e. The molecule has 0 bridgehead atoms. The van der Waals surface area contributed by atoms with Gasteiger partial charge in [-0.1, -0.05) is 42.2 Å². The molecule has 4 nitrogen and oxygen atoms in total. The molecule has 0 atom stereocenters. The van der Waals surface area contributed by atoms with Crippen LogP contribution in [0.2, 0.25) is 0 Å². The predicted molar refractivity (Wildman–Crippen MR) is 67.1 cm³/mol. The molecule has 0 spiro atoms. The normalized spacial score (nSPS) is 22.5. The van der Waals surface area contributed by atoms with Gasteiger partial charge in [-0.15, -0.1) is 0 Å². The highest BCUT2D eigenvalue weighted by Gasteiger charge is 2.34. The van der Waals surface area contributed by atoms with E-state index in [2.05, 4.69) is 5.32 Å². The van der Waals surface area contributed by atoms with Crippen molar-refractivity contribution in [1.29, 1.82) is 0 Å². The maximum absolute atomic E-state index is 11.6. The molecule has 0 unspecified atom stereocenters. The van der Waals surface area contributed by atoms with Gasteiger partial charge in [0.2, 0.25) is 0 Å². The van der Waals surface area contributed by atoms with E-state index in [1.807, 2.05) is 0 Å². The average Bonchev–Trinajstić information content (AvgIpc) is 2.80. The number of amides is 1. The molecule has 0 aromatic heterocycles. The van der Waals surface area contributed by atoms with Crippen molar-refractivity contribution in [3.8, 4) is 0 Å². The van der Waals surface area contributed by atoms with Crippen LogP contribution in [-0.4, -0.2) is 16.2 Å². The number of benzene rings is 1. The van der Waals surface area contributed by atoms with Crippen LogP contribution in [0.15, 0.2) is 29.2 Å². The molecular weight excluding hydrogens is 258 g/mol. The fourth-order valence-electron chi connectivity index (χ4n) is 1.69. The van der Waals surface area contributed by atoms with Gasteiger partial charge in [-0.25, -0.2) is 4.79 Å². The van der Waals surface area contributed by atoms with Crippen LogP contribution in [-0.2, 0) is 9.53 Å². The van der Waals surface area contributed by atoms with E-state index in [9.17, 15) is 9.59 Å². The molecule has 1 saturated heterocycles. The van der Waals surface area contributed by atoms with Crippen molar-refractivity contribution >= 4 is 45.9 Å². The Labute approximate surface area is 106 Å². The molecule has 0 aliphatic carbocycles. The molecule has 84 valence electrons. The summed E-state index contributed by atoms with van der Waals surface area (Å²) in [6, 6.07) is 6.95. The predicted octanol–water partition coefficient (Wildman–Crippen LogP) is 1.67. The zero-order valence-corrected chi connectivity index (χ0v) is 9.98. The number of cyclic esters (lactones) is 1.